The Hall–Kier alpha value is -2.73. The highest BCUT2D eigenvalue weighted by Gasteiger charge is 2.01. The molecule has 22 heavy (non-hydrogen) atoms. The van der Waals surface area contributed by atoms with Gasteiger partial charge in [-0.25, -0.2) is 5.43 Å². The molecule has 4 N–H and O–H groups in total. The summed E-state index contributed by atoms with van der Waals surface area (Å²) >= 11 is 5.76. The fourth-order valence-electron chi connectivity index (χ4n) is 1.60. The van der Waals surface area contributed by atoms with Crippen LogP contribution in [-0.4, -0.2) is 28.9 Å². The van der Waals surface area contributed by atoms with E-state index in [2.05, 4.69) is 15.8 Å². The van der Waals surface area contributed by atoms with Gasteiger partial charge in [0.05, 0.1) is 12.8 Å². The van der Waals surface area contributed by atoms with Crippen molar-refractivity contribution in [3.63, 3.8) is 0 Å². The molecule has 1 amide bonds. The smallest absolute Gasteiger partial charge is 0.259 e. The van der Waals surface area contributed by atoms with Crippen LogP contribution >= 0.6 is 11.6 Å². The number of phenolic OH excluding ortho intramolecular Hbond substituents is 2. The zero-order valence-electron chi connectivity index (χ0n) is 11.5. The number of aromatic hydroxyl groups is 2. The van der Waals surface area contributed by atoms with Crippen molar-refractivity contribution in [1.29, 1.82) is 0 Å². The molecule has 2 aromatic carbocycles. The summed E-state index contributed by atoms with van der Waals surface area (Å²) in [6, 6.07) is 11.0. The van der Waals surface area contributed by atoms with E-state index in [1.165, 1.54) is 24.4 Å². The lowest BCUT2D eigenvalue weighted by atomic mass is 10.2. The fraction of sp³-hybridized carbons (Fsp3) is 0.0667. The first kappa shape index (κ1) is 15.7. The van der Waals surface area contributed by atoms with Gasteiger partial charge in [0.1, 0.15) is 11.5 Å². The highest BCUT2D eigenvalue weighted by molar-refractivity contribution is 6.30. The second-order valence-corrected chi connectivity index (χ2v) is 4.83. The van der Waals surface area contributed by atoms with E-state index in [-0.39, 0.29) is 24.0 Å². The van der Waals surface area contributed by atoms with E-state index in [4.69, 9.17) is 16.7 Å². The summed E-state index contributed by atoms with van der Waals surface area (Å²) in [6.45, 7) is 0.0422. The number of hydrogen-bond acceptors (Lipinski definition) is 5. The summed E-state index contributed by atoms with van der Waals surface area (Å²) in [7, 11) is 0. The number of hydrazone groups is 1. The second-order valence-electron chi connectivity index (χ2n) is 4.40. The lowest BCUT2D eigenvalue weighted by Crippen LogP contribution is -2.25. The molecule has 114 valence electrons. The summed E-state index contributed by atoms with van der Waals surface area (Å²) in [6.07, 6.45) is 1.29. The molecule has 2 rings (SSSR count). The minimum absolute atomic E-state index is 0.0422. The first-order chi connectivity index (χ1) is 10.5. The number of carbonyl (C=O) groups excluding carboxylic acids is 1. The topological polar surface area (TPSA) is 94.0 Å². The largest absolute Gasteiger partial charge is 0.508 e. The van der Waals surface area contributed by atoms with Crippen LogP contribution in [0.2, 0.25) is 5.02 Å². The van der Waals surface area contributed by atoms with Crippen molar-refractivity contribution in [2.75, 3.05) is 11.9 Å². The first-order valence-corrected chi connectivity index (χ1v) is 6.76. The third-order valence-electron chi connectivity index (χ3n) is 2.70. The van der Waals surface area contributed by atoms with Gasteiger partial charge in [0, 0.05) is 22.3 Å². The molecule has 2 aromatic rings. The SMILES string of the molecule is O=C(CNc1ccc(Cl)cc1)N/N=C/c1ccc(O)cc1O. The lowest BCUT2D eigenvalue weighted by Gasteiger charge is -2.05. The van der Waals surface area contributed by atoms with E-state index in [9.17, 15) is 9.90 Å². The van der Waals surface area contributed by atoms with Crippen molar-refractivity contribution in [3.05, 3.63) is 53.1 Å². The van der Waals surface area contributed by atoms with Gasteiger partial charge >= 0.3 is 0 Å². The monoisotopic (exact) mass is 319 g/mol. The van der Waals surface area contributed by atoms with Gasteiger partial charge < -0.3 is 15.5 Å². The van der Waals surface area contributed by atoms with E-state index in [1.807, 2.05) is 0 Å². The summed E-state index contributed by atoms with van der Waals surface area (Å²) in [5, 5.41) is 26.0. The maximum Gasteiger partial charge on any atom is 0.259 e. The van der Waals surface area contributed by atoms with Gasteiger partial charge in [-0.1, -0.05) is 11.6 Å². The van der Waals surface area contributed by atoms with Gasteiger partial charge in [-0.2, -0.15) is 5.10 Å². The molecular weight excluding hydrogens is 306 g/mol. The number of carbonyl (C=O) groups is 1. The Morgan fingerprint density at radius 1 is 1.18 bits per heavy atom. The third-order valence-corrected chi connectivity index (χ3v) is 2.96. The molecule has 0 aliphatic carbocycles. The van der Waals surface area contributed by atoms with Crippen LogP contribution in [-0.2, 0) is 4.79 Å². The van der Waals surface area contributed by atoms with Crippen molar-refractivity contribution in [2.24, 2.45) is 5.10 Å². The Labute approximate surface area is 132 Å². The maximum absolute atomic E-state index is 11.6. The molecule has 0 aliphatic heterocycles. The first-order valence-electron chi connectivity index (χ1n) is 6.38. The zero-order valence-corrected chi connectivity index (χ0v) is 12.2. The van der Waals surface area contributed by atoms with Gasteiger partial charge in [0.25, 0.3) is 5.91 Å². The van der Waals surface area contributed by atoms with Crippen molar-refractivity contribution in [1.82, 2.24) is 5.43 Å². The van der Waals surface area contributed by atoms with Crippen LogP contribution in [0.4, 0.5) is 5.69 Å². The fourth-order valence-corrected chi connectivity index (χ4v) is 1.73. The van der Waals surface area contributed by atoms with Gasteiger partial charge in [0.2, 0.25) is 0 Å². The minimum Gasteiger partial charge on any atom is -0.508 e. The van der Waals surface area contributed by atoms with Crippen molar-refractivity contribution >= 4 is 29.4 Å². The highest BCUT2D eigenvalue weighted by Crippen LogP contribution is 2.20. The van der Waals surface area contributed by atoms with E-state index < -0.39 is 0 Å². The zero-order chi connectivity index (χ0) is 15.9. The molecule has 0 bridgehead atoms. The van der Waals surface area contributed by atoms with Gasteiger partial charge in [-0.15, -0.1) is 0 Å². The molecule has 0 aliphatic rings. The number of halogens is 1. The average Bonchev–Trinajstić information content (AvgIpc) is 2.49. The minimum atomic E-state index is -0.343. The molecule has 0 unspecified atom stereocenters. The van der Waals surface area contributed by atoms with Crippen molar-refractivity contribution in [2.45, 2.75) is 0 Å². The van der Waals surface area contributed by atoms with Crippen LogP contribution in [0.25, 0.3) is 0 Å². The van der Waals surface area contributed by atoms with Crippen molar-refractivity contribution < 1.29 is 15.0 Å². The van der Waals surface area contributed by atoms with Crippen LogP contribution in [0.1, 0.15) is 5.56 Å². The number of hydrogen-bond donors (Lipinski definition) is 4. The van der Waals surface area contributed by atoms with Crippen LogP contribution in [0.5, 0.6) is 11.5 Å². The predicted octanol–water partition coefficient (Wildman–Crippen LogP) is 2.31. The summed E-state index contributed by atoms with van der Waals surface area (Å²) in [4.78, 5) is 11.6. The molecule has 0 saturated carbocycles. The number of anilines is 1. The Balaban J connectivity index is 1.82. The van der Waals surface area contributed by atoms with Crippen LogP contribution in [0, 0.1) is 0 Å². The molecule has 7 heteroatoms. The highest BCUT2D eigenvalue weighted by atomic mass is 35.5. The average molecular weight is 320 g/mol. The Kier molecular flexibility index (Phi) is 5.21. The third kappa shape index (κ3) is 4.68. The Bertz CT molecular complexity index is 687. The van der Waals surface area contributed by atoms with Crippen LogP contribution in [0.3, 0.4) is 0 Å². The van der Waals surface area contributed by atoms with E-state index in [1.54, 1.807) is 24.3 Å². The van der Waals surface area contributed by atoms with E-state index >= 15 is 0 Å². The molecule has 0 heterocycles. The lowest BCUT2D eigenvalue weighted by molar-refractivity contribution is -0.119. The maximum atomic E-state index is 11.6. The molecule has 0 aromatic heterocycles. The van der Waals surface area contributed by atoms with Gasteiger partial charge in [-0.3, -0.25) is 4.79 Å². The number of amides is 1. The van der Waals surface area contributed by atoms with Crippen LogP contribution < -0.4 is 10.7 Å². The van der Waals surface area contributed by atoms with Gasteiger partial charge in [-0.05, 0) is 36.4 Å². The molecule has 0 saturated heterocycles. The number of nitrogens with one attached hydrogen (secondary N) is 2. The van der Waals surface area contributed by atoms with Crippen LogP contribution in [0.15, 0.2) is 47.6 Å². The molecular formula is C15H14ClN3O3. The molecule has 0 radical (unpaired) electrons. The summed E-state index contributed by atoms with van der Waals surface area (Å²) in [5.74, 6) is -0.521. The molecule has 0 fully saturated rings. The number of phenols is 2. The predicted molar refractivity (Wildman–Crippen MR) is 85.5 cm³/mol. The van der Waals surface area contributed by atoms with E-state index in [0.29, 0.717) is 10.6 Å². The number of rotatable bonds is 5. The quantitative estimate of drug-likeness (QED) is 0.502. The molecule has 0 spiro atoms. The Morgan fingerprint density at radius 2 is 1.91 bits per heavy atom. The standard InChI is InChI=1S/C15H14ClN3O3/c16-11-2-4-12(5-3-11)17-9-15(22)19-18-8-10-1-6-13(20)7-14(10)21/h1-8,17,20-21H,9H2,(H,19,22)/b18-8+. The van der Waals surface area contributed by atoms with Crippen molar-refractivity contribution in [3.8, 4) is 11.5 Å². The normalized spacial score (nSPS) is 10.6. The molecule has 6 nitrogen and oxygen atoms in total. The number of benzene rings is 2. The summed E-state index contributed by atoms with van der Waals surface area (Å²) < 4.78 is 0. The Morgan fingerprint density at radius 3 is 2.59 bits per heavy atom. The van der Waals surface area contributed by atoms with E-state index in [0.717, 1.165) is 5.69 Å². The second kappa shape index (κ2) is 7.33. The molecule has 0 atom stereocenters. The summed E-state index contributed by atoms with van der Waals surface area (Å²) in [5.41, 5.74) is 3.47. The number of nitrogens with zero attached hydrogens (tertiary/aromatic N) is 1. The van der Waals surface area contributed by atoms with Gasteiger partial charge in [0.15, 0.2) is 0 Å².